The van der Waals surface area contributed by atoms with Gasteiger partial charge in [-0.1, -0.05) is 0 Å². The van der Waals surface area contributed by atoms with Gasteiger partial charge in [-0.2, -0.15) is 0 Å². The summed E-state index contributed by atoms with van der Waals surface area (Å²) in [5.74, 6) is 0. The molecule has 72 valence electrons. The predicted octanol–water partition coefficient (Wildman–Crippen LogP) is -3.41. The van der Waals surface area contributed by atoms with E-state index in [1.165, 1.54) is 0 Å². The van der Waals surface area contributed by atoms with Crippen LogP contribution >= 0.6 is 0 Å². The summed E-state index contributed by atoms with van der Waals surface area (Å²) in [6.45, 7) is -0.705. The van der Waals surface area contributed by atoms with E-state index in [0.717, 1.165) is 0 Å². The average molecular weight is 181 g/mol. The van der Waals surface area contributed by atoms with Gasteiger partial charge in [-0.05, 0) is 0 Å². The molecule has 0 fully saturated rings. The molecule has 0 saturated carbocycles. The van der Waals surface area contributed by atoms with Gasteiger partial charge in [-0.3, -0.25) is 0 Å². The van der Waals surface area contributed by atoms with Gasteiger partial charge in [-0.25, -0.2) is 0 Å². The molecule has 4 atom stereocenters. The Balaban J connectivity index is 4.07. The maximum Gasteiger partial charge on any atom is 0.139 e. The monoisotopic (exact) mass is 181 g/mol. The van der Waals surface area contributed by atoms with Crippen LogP contribution in [0.15, 0.2) is 0 Å². The summed E-state index contributed by atoms with van der Waals surface area (Å²) >= 11 is 0. The van der Waals surface area contributed by atoms with E-state index in [0.29, 0.717) is 0 Å². The summed E-state index contributed by atoms with van der Waals surface area (Å²) in [7, 11) is 0. The van der Waals surface area contributed by atoms with E-state index in [4.69, 9.17) is 26.2 Å². The summed E-state index contributed by atoms with van der Waals surface area (Å²) in [4.78, 5) is 10.0. The van der Waals surface area contributed by atoms with Crippen molar-refractivity contribution in [1.82, 2.24) is 0 Å². The largest absolute Gasteiger partial charge is 0.394 e. The van der Waals surface area contributed by atoms with Crippen molar-refractivity contribution < 1.29 is 25.2 Å². The Bertz CT molecular complexity index is 142. The number of carbonyl (C=O) groups is 1. The van der Waals surface area contributed by atoms with Crippen molar-refractivity contribution in [3.8, 4) is 0 Å². The number of carbonyl (C=O) groups excluding carboxylic acids is 1. The number of aliphatic hydroxyl groups is 4. The van der Waals surface area contributed by atoms with Crippen LogP contribution in [0.3, 0.4) is 0 Å². The maximum atomic E-state index is 10.0. The van der Waals surface area contributed by atoms with Crippen LogP contribution < -0.4 is 5.73 Å². The Morgan fingerprint density at radius 2 is 1.75 bits per heavy atom. The molecule has 0 aromatic carbocycles. The molecule has 0 rings (SSSR count). The Labute approximate surface area is 69.2 Å². The molecule has 0 aliphatic rings. The SMILES string of the molecule is [15NH2][C@H]([13CH]=O)[C@@H](O)[C@@H](O)[C@H](O)CO. The number of rotatable bonds is 5. The maximum absolute atomic E-state index is 10.0. The van der Waals surface area contributed by atoms with Crippen molar-refractivity contribution in [2.45, 2.75) is 24.4 Å². The molecule has 6 heteroatoms. The second kappa shape index (κ2) is 5.18. The molecule has 0 aliphatic heterocycles. The zero-order valence-corrected chi connectivity index (χ0v) is 6.37. The molecule has 0 bridgehead atoms. The van der Waals surface area contributed by atoms with E-state index in [1.807, 2.05) is 0 Å². The fourth-order valence-corrected chi connectivity index (χ4v) is 0.644. The van der Waals surface area contributed by atoms with Crippen molar-refractivity contribution in [3.05, 3.63) is 0 Å². The smallest absolute Gasteiger partial charge is 0.139 e. The molecule has 0 radical (unpaired) electrons. The predicted molar refractivity (Wildman–Crippen MR) is 39.1 cm³/mol. The number of aldehydes is 1. The minimum absolute atomic E-state index is 0.248. The molecule has 0 aliphatic carbocycles. The van der Waals surface area contributed by atoms with Gasteiger partial charge in [0.25, 0.3) is 0 Å². The van der Waals surface area contributed by atoms with Crippen molar-refractivity contribution in [2.75, 3.05) is 6.61 Å². The molecular formula is C6H13NO5. The summed E-state index contributed by atoms with van der Waals surface area (Å²) in [6, 6.07) is -1.26. The first-order valence-corrected chi connectivity index (χ1v) is 3.40. The summed E-state index contributed by atoms with van der Waals surface area (Å²) in [5.41, 5.74) is 5.04. The molecule has 0 unspecified atom stereocenters. The summed E-state index contributed by atoms with van der Waals surface area (Å²) in [5, 5.41) is 35.2. The standard InChI is InChI=1S/C6H13NO5/c7-3(1-8)5(11)6(12)4(10)2-9/h1,3-6,9-12H,2,7H2/t3-,4-,5-,6+/m1/s1/i1+1,7+1. The molecule has 0 aromatic rings. The van der Waals surface area contributed by atoms with Crippen LogP contribution in [-0.4, -0.2) is 57.7 Å². The molecule has 12 heavy (non-hydrogen) atoms. The average Bonchev–Trinajstić information content (AvgIpc) is 2.12. The lowest BCUT2D eigenvalue weighted by Gasteiger charge is -2.23. The molecular weight excluding hydrogens is 168 g/mol. The fourth-order valence-electron chi connectivity index (χ4n) is 0.644. The lowest BCUT2D eigenvalue weighted by atomic mass is 10.1. The normalized spacial score (nSPS) is 21.1. The third-order valence-electron chi connectivity index (χ3n) is 1.48. The van der Waals surface area contributed by atoms with E-state index < -0.39 is 31.0 Å². The van der Waals surface area contributed by atoms with Crippen molar-refractivity contribution >= 4 is 6.29 Å². The molecule has 6 nitrogen and oxygen atoms in total. The second-order valence-electron chi connectivity index (χ2n) is 2.44. The van der Waals surface area contributed by atoms with E-state index >= 15 is 0 Å². The third-order valence-corrected chi connectivity index (χ3v) is 1.48. The van der Waals surface area contributed by atoms with Gasteiger partial charge in [0, 0.05) is 0 Å². The first-order valence-electron chi connectivity index (χ1n) is 3.40. The van der Waals surface area contributed by atoms with Gasteiger partial charge in [-0.15, -0.1) is 0 Å². The molecule has 0 heterocycles. The van der Waals surface area contributed by atoms with Gasteiger partial charge in [0.2, 0.25) is 0 Å². The van der Waals surface area contributed by atoms with Crippen LogP contribution in [0.2, 0.25) is 0 Å². The summed E-state index contributed by atoms with van der Waals surface area (Å²) < 4.78 is 0. The van der Waals surface area contributed by atoms with Crippen LogP contribution in [0, 0.1) is 0 Å². The van der Waals surface area contributed by atoms with Crippen molar-refractivity contribution in [1.29, 1.82) is 0 Å². The lowest BCUT2D eigenvalue weighted by Crippen LogP contribution is -2.49. The van der Waals surface area contributed by atoms with Crippen LogP contribution in [-0.2, 0) is 4.79 Å². The van der Waals surface area contributed by atoms with Crippen LogP contribution in [0.1, 0.15) is 0 Å². The summed E-state index contributed by atoms with van der Waals surface area (Å²) in [6.07, 6.45) is -4.43. The molecule has 0 amide bonds. The molecule has 0 aromatic heterocycles. The van der Waals surface area contributed by atoms with E-state index in [-0.39, 0.29) is 6.29 Å². The molecule has 0 saturated heterocycles. The van der Waals surface area contributed by atoms with E-state index in [9.17, 15) is 4.79 Å². The van der Waals surface area contributed by atoms with Gasteiger partial charge < -0.3 is 31.0 Å². The highest BCUT2D eigenvalue weighted by molar-refractivity contribution is 5.58. The molecule has 0 spiro atoms. The Hall–Kier alpha value is -0.530. The van der Waals surface area contributed by atoms with Gasteiger partial charge in [0.1, 0.15) is 24.6 Å². The van der Waals surface area contributed by atoms with Crippen molar-refractivity contribution in [3.63, 3.8) is 0 Å². The highest BCUT2D eigenvalue weighted by Crippen LogP contribution is 2.01. The van der Waals surface area contributed by atoms with Crippen LogP contribution in [0.25, 0.3) is 0 Å². The van der Waals surface area contributed by atoms with Gasteiger partial charge in [0.05, 0.1) is 12.6 Å². The number of hydrogen-bond donors (Lipinski definition) is 5. The Morgan fingerprint density at radius 3 is 2.08 bits per heavy atom. The van der Waals surface area contributed by atoms with Crippen molar-refractivity contribution in [2.24, 2.45) is 5.73 Å². The topological polar surface area (TPSA) is 124 Å². The zero-order valence-electron chi connectivity index (χ0n) is 6.37. The second-order valence-corrected chi connectivity index (χ2v) is 2.44. The van der Waals surface area contributed by atoms with Crippen LogP contribution in [0.4, 0.5) is 0 Å². The van der Waals surface area contributed by atoms with Gasteiger partial charge in [0.15, 0.2) is 0 Å². The Kier molecular flexibility index (Phi) is 4.95. The third kappa shape index (κ3) is 2.84. The first kappa shape index (κ1) is 11.5. The fraction of sp³-hybridized carbons (Fsp3) is 0.833. The van der Waals surface area contributed by atoms with Gasteiger partial charge >= 0.3 is 0 Å². The highest BCUT2D eigenvalue weighted by atomic mass is 16.4. The van der Waals surface area contributed by atoms with Crippen LogP contribution in [0.5, 0.6) is 0 Å². The quantitative estimate of drug-likeness (QED) is 0.171. The van der Waals surface area contributed by atoms with E-state index in [1.54, 1.807) is 0 Å². The number of aliphatic hydroxyl groups excluding tert-OH is 4. The minimum atomic E-state index is -1.62. The Morgan fingerprint density at radius 1 is 1.25 bits per heavy atom. The minimum Gasteiger partial charge on any atom is -0.394 e. The zero-order chi connectivity index (χ0) is 9.72. The lowest BCUT2D eigenvalue weighted by molar-refractivity contribution is -0.118. The van der Waals surface area contributed by atoms with E-state index in [2.05, 4.69) is 0 Å². The first-order chi connectivity index (χ1) is 5.54. The number of hydrogen-bond acceptors (Lipinski definition) is 6. The molecule has 6 N–H and O–H groups in total. The number of nitrogens with two attached hydrogens (primary N) is 1. The highest BCUT2D eigenvalue weighted by Gasteiger charge is 2.28.